The average Bonchev–Trinajstić information content (AvgIpc) is 2.50. The van der Waals surface area contributed by atoms with E-state index in [1.807, 2.05) is 54.6 Å². The number of nitriles is 1. The van der Waals surface area contributed by atoms with Gasteiger partial charge < -0.3 is 5.32 Å². The number of nitrogens with one attached hydrogen (secondary N) is 1. The van der Waals surface area contributed by atoms with Crippen molar-refractivity contribution in [2.45, 2.75) is 6.42 Å². The minimum absolute atomic E-state index is 0.441. The van der Waals surface area contributed by atoms with Gasteiger partial charge in [-0.05, 0) is 29.8 Å². The van der Waals surface area contributed by atoms with Gasteiger partial charge in [0.25, 0.3) is 0 Å². The molecule has 3 rings (SSSR count). The van der Waals surface area contributed by atoms with Crippen molar-refractivity contribution in [3.63, 3.8) is 0 Å². The molecule has 3 nitrogen and oxygen atoms in total. The molecule has 3 heteroatoms. The van der Waals surface area contributed by atoms with E-state index in [0.29, 0.717) is 6.42 Å². The number of benzene rings is 2. The smallest absolute Gasteiger partial charge is 0.0936 e. The Hall–Kier alpha value is -2.86. The van der Waals surface area contributed by atoms with Crippen molar-refractivity contribution >= 4 is 22.3 Å². The van der Waals surface area contributed by atoms with Crippen LogP contribution in [0.5, 0.6) is 0 Å². The van der Waals surface area contributed by atoms with Gasteiger partial charge in [-0.3, -0.25) is 4.98 Å². The van der Waals surface area contributed by atoms with Gasteiger partial charge in [-0.25, -0.2) is 0 Å². The largest absolute Gasteiger partial charge is 0.354 e. The van der Waals surface area contributed by atoms with Gasteiger partial charge >= 0.3 is 0 Å². The average molecular weight is 259 g/mol. The molecule has 0 saturated carbocycles. The van der Waals surface area contributed by atoms with E-state index in [1.54, 1.807) is 6.20 Å². The van der Waals surface area contributed by atoms with Crippen LogP contribution in [0, 0.1) is 11.3 Å². The maximum Gasteiger partial charge on any atom is 0.0936 e. The molecular weight excluding hydrogens is 246 g/mol. The van der Waals surface area contributed by atoms with E-state index in [9.17, 15) is 0 Å². The number of para-hydroxylation sites is 1. The maximum absolute atomic E-state index is 8.67. The van der Waals surface area contributed by atoms with E-state index in [1.165, 1.54) is 0 Å². The first-order valence-electron chi connectivity index (χ1n) is 6.43. The first kappa shape index (κ1) is 12.2. The Labute approximate surface area is 117 Å². The molecule has 0 fully saturated rings. The summed E-state index contributed by atoms with van der Waals surface area (Å²) in [5.41, 5.74) is 3.95. The summed E-state index contributed by atoms with van der Waals surface area (Å²) in [7, 11) is 0. The molecule has 0 unspecified atom stereocenters. The Kier molecular flexibility index (Phi) is 3.30. The molecule has 1 heterocycles. The molecule has 0 bridgehead atoms. The second kappa shape index (κ2) is 5.41. The van der Waals surface area contributed by atoms with Crippen LogP contribution in [0.4, 0.5) is 11.4 Å². The summed E-state index contributed by atoms with van der Waals surface area (Å²) in [5, 5.41) is 13.1. The molecule has 96 valence electrons. The fourth-order valence-corrected chi connectivity index (χ4v) is 2.16. The van der Waals surface area contributed by atoms with Crippen LogP contribution in [0.2, 0.25) is 0 Å². The summed E-state index contributed by atoms with van der Waals surface area (Å²) in [6, 6.07) is 20.1. The minimum Gasteiger partial charge on any atom is -0.354 e. The van der Waals surface area contributed by atoms with Crippen molar-refractivity contribution < 1.29 is 0 Å². The van der Waals surface area contributed by atoms with Gasteiger partial charge in [-0.2, -0.15) is 5.26 Å². The Morgan fingerprint density at radius 1 is 1.00 bits per heavy atom. The summed E-state index contributed by atoms with van der Waals surface area (Å²) in [6.07, 6.45) is 2.24. The van der Waals surface area contributed by atoms with E-state index < -0.39 is 0 Å². The molecule has 2 aromatic carbocycles. The molecule has 0 radical (unpaired) electrons. The van der Waals surface area contributed by atoms with Crippen LogP contribution in [-0.4, -0.2) is 4.98 Å². The highest BCUT2D eigenvalue weighted by molar-refractivity contribution is 5.91. The SMILES string of the molecule is N#CCc1ccc(Nc2cccc3cccnc23)cc1. The Bertz CT molecular complexity index is 765. The molecule has 0 aliphatic heterocycles. The topological polar surface area (TPSA) is 48.7 Å². The Balaban J connectivity index is 1.91. The fourth-order valence-electron chi connectivity index (χ4n) is 2.16. The third-order valence-electron chi connectivity index (χ3n) is 3.15. The lowest BCUT2D eigenvalue weighted by molar-refractivity contribution is 1.26. The molecule has 1 N–H and O–H groups in total. The molecule has 0 atom stereocenters. The molecule has 0 aliphatic rings. The second-order valence-electron chi connectivity index (χ2n) is 4.54. The van der Waals surface area contributed by atoms with Crippen LogP contribution in [0.1, 0.15) is 5.56 Å². The van der Waals surface area contributed by atoms with Gasteiger partial charge in [0.15, 0.2) is 0 Å². The molecular formula is C17H13N3. The minimum atomic E-state index is 0.441. The highest BCUT2D eigenvalue weighted by Crippen LogP contribution is 2.24. The highest BCUT2D eigenvalue weighted by Gasteiger charge is 2.02. The summed E-state index contributed by atoms with van der Waals surface area (Å²) in [5.74, 6) is 0. The monoisotopic (exact) mass is 259 g/mol. The predicted octanol–water partition coefficient (Wildman–Crippen LogP) is 4.04. The lowest BCUT2D eigenvalue weighted by atomic mass is 10.1. The number of hydrogen-bond donors (Lipinski definition) is 1. The number of rotatable bonds is 3. The van der Waals surface area contributed by atoms with Crippen LogP contribution >= 0.6 is 0 Å². The van der Waals surface area contributed by atoms with Gasteiger partial charge in [0.2, 0.25) is 0 Å². The predicted molar refractivity (Wildman–Crippen MR) is 80.8 cm³/mol. The number of pyridine rings is 1. The standard InChI is InChI=1S/C17H13N3/c18-11-10-13-6-8-15(9-7-13)20-16-5-1-3-14-4-2-12-19-17(14)16/h1-9,12,20H,10H2. The lowest BCUT2D eigenvalue weighted by Crippen LogP contribution is -1.93. The molecule has 0 aliphatic carbocycles. The zero-order chi connectivity index (χ0) is 13.8. The van der Waals surface area contributed by atoms with Crippen molar-refractivity contribution in [2.24, 2.45) is 0 Å². The van der Waals surface area contributed by atoms with E-state index in [2.05, 4.69) is 16.4 Å². The van der Waals surface area contributed by atoms with Gasteiger partial charge in [0, 0.05) is 17.3 Å². The zero-order valence-electron chi connectivity index (χ0n) is 10.9. The number of anilines is 2. The number of aromatic nitrogens is 1. The van der Waals surface area contributed by atoms with Crippen LogP contribution in [-0.2, 0) is 6.42 Å². The zero-order valence-corrected chi connectivity index (χ0v) is 10.9. The summed E-state index contributed by atoms with van der Waals surface area (Å²) in [4.78, 5) is 4.42. The first-order chi connectivity index (χ1) is 9.86. The Morgan fingerprint density at radius 3 is 2.60 bits per heavy atom. The van der Waals surface area contributed by atoms with Crippen LogP contribution in [0.15, 0.2) is 60.8 Å². The van der Waals surface area contributed by atoms with E-state index in [-0.39, 0.29) is 0 Å². The Morgan fingerprint density at radius 2 is 1.80 bits per heavy atom. The van der Waals surface area contributed by atoms with E-state index in [4.69, 9.17) is 5.26 Å². The highest BCUT2D eigenvalue weighted by atomic mass is 14.9. The summed E-state index contributed by atoms with van der Waals surface area (Å²) < 4.78 is 0. The van der Waals surface area contributed by atoms with Gasteiger partial charge in [0.1, 0.15) is 0 Å². The van der Waals surface area contributed by atoms with E-state index in [0.717, 1.165) is 27.8 Å². The molecule has 0 spiro atoms. The maximum atomic E-state index is 8.67. The van der Waals surface area contributed by atoms with Crippen molar-refractivity contribution in [2.75, 3.05) is 5.32 Å². The number of hydrogen-bond acceptors (Lipinski definition) is 3. The van der Waals surface area contributed by atoms with Crippen LogP contribution < -0.4 is 5.32 Å². The molecule has 1 aromatic heterocycles. The lowest BCUT2D eigenvalue weighted by Gasteiger charge is -2.09. The van der Waals surface area contributed by atoms with Gasteiger partial charge in [-0.15, -0.1) is 0 Å². The van der Waals surface area contributed by atoms with Crippen molar-refractivity contribution in [3.05, 3.63) is 66.4 Å². The normalized spacial score (nSPS) is 10.2. The molecule has 3 aromatic rings. The quantitative estimate of drug-likeness (QED) is 0.772. The van der Waals surface area contributed by atoms with Crippen molar-refractivity contribution in [3.8, 4) is 6.07 Å². The number of fused-ring (bicyclic) bond motifs is 1. The molecule has 20 heavy (non-hydrogen) atoms. The van der Waals surface area contributed by atoms with Gasteiger partial charge in [-0.1, -0.05) is 30.3 Å². The van der Waals surface area contributed by atoms with Crippen LogP contribution in [0.3, 0.4) is 0 Å². The molecule has 0 saturated heterocycles. The fraction of sp³-hybridized carbons (Fsp3) is 0.0588. The third-order valence-corrected chi connectivity index (χ3v) is 3.15. The first-order valence-corrected chi connectivity index (χ1v) is 6.43. The summed E-state index contributed by atoms with van der Waals surface area (Å²) in [6.45, 7) is 0. The second-order valence-corrected chi connectivity index (χ2v) is 4.54. The third kappa shape index (κ3) is 2.45. The van der Waals surface area contributed by atoms with Gasteiger partial charge in [0.05, 0.1) is 23.7 Å². The van der Waals surface area contributed by atoms with E-state index >= 15 is 0 Å². The van der Waals surface area contributed by atoms with Crippen LogP contribution in [0.25, 0.3) is 10.9 Å². The summed E-state index contributed by atoms with van der Waals surface area (Å²) >= 11 is 0. The van der Waals surface area contributed by atoms with Crippen molar-refractivity contribution in [1.82, 2.24) is 4.98 Å². The van der Waals surface area contributed by atoms with Crippen molar-refractivity contribution in [1.29, 1.82) is 5.26 Å². The molecule has 0 amide bonds. The number of nitrogens with zero attached hydrogens (tertiary/aromatic N) is 2.